The van der Waals surface area contributed by atoms with Gasteiger partial charge in [0.05, 0.1) is 18.5 Å². The van der Waals surface area contributed by atoms with Crippen LogP contribution in [0.3, 0.4) is 0 Å². The fraction of sp³-hybridized carbons (Fsp3) is 0.444. The summed E-state index contributed by atoms with van der Waals surface area (Å²) in [6.07, 6.45) is 4.49. The molecule has 4 rings (SSSR count). The lowest BCUT2D eigenvalue weighted by Crippen LogP contribution is -2.21. The van der Waals surface area contributed by atoms with E-state index in [1.54, 1.807) is 11.3 Å². The van der Waals surface area contributed by atoms with Crippen LogP contribution in [-0.4, -0.2) is 21.9 Å². The first-order valence-electron chi connectivity index (χ1n) is 8.37. The number of rotatable bonds is 4. The van der Waals surface area contributed by atoms with Crippen LogP contribution in [0.5, 0.6) is 0 Å². The Kier molecular flexibility index (Phi) is 4.02. The van der Waals surface area contributed by atoms with Crippen molar-refractivity contribution in [2.75, 3.05) is 7.05 Å². The van der Waals surface area contributed by atoms with Crippen molar-refractivity contribution in [1.82, 2.24) is 14.9 Å². The predicted molar refractivity (Wildman–Crippen MR) is 95.5 cm³/mol. The van der Waals surface area contributed by atoms with Crippen LogP contribution in [0.2, 0.25) is 0 Å². The summed E-state index contributed by atoms with van der Waals surface area (Å²) in [6, 6.07) is 3.95. The molecule has 0 aliphatic heterocycles. The van der Waals surface area contributed by atoms with Crippen LogP contribution in [-0.2, 0) is 25.9 Å². The predicted octanol–water partition coefficient (Wildman–Crippen LogP) is 3.40. The first-order chi connectivity index (χ1) is 11.6. The fourth-order valence-electron chi connectivity index (χ4n) is 3.43. The molecule has 0 amide bonds. The smallest absolute Gasteiger partial charge is 0.259 e. The van der Waals surface area contributed by atoms with Crippen molar-refractivity contribution in [1.29, 1.82) is 0 Å². The highest BCUT2D eigenvalue weighted by Gasteiger charge is 2.20. The Morgan fingerprint density at radius 3 is 2.92 bits per heavy atom. The molecule has 0 fully saturated rings. The van der Waals surface area contributed by atoms with Crippen LogP contribution in [0, 0.1) is 6.92 Å². The zero-order chi connectivity index (χ0) is 16.7. The molecular weight excluding hydrogens is 322 g/mol. The van der Waals surface area contributed by atoms with E-state index in [9.17, 15) is 4.79 Å². The van der Waals surface area contributed by atoms with Crippen molar-refractivity contribution in [3.63, 3.8) is 0 Å². The van der Waals surface area contributed by atoms with E-state index in [2.05, 4.69) is 9.88 Å². The summed E-state index contributed by atoms with van der Waals surface area (Å²) in [6.45, 7) is 3.22. The molecule has 0 bridgehead atoms. The third kappa shape index (κ3) is 2.91. The van der Waals surface area contributed by atoms with Crippen molar-refractivity contribution < 1.29 is 4.42 Å². The van der Waals surface area contributed by atoms with Gasteiger partial charge in [0.1, 0.15) is 22.2 Å². The molecule has 0 unspecified atom stereocenters. The monoisotopic (exact) mass is 343 g/mol. The summed E-state index contributed by atoms with van der Waals surface area (Å²) in [5.41, 5.74) is 1.25. The minimum atomic E-state index is 0.0108. The molecule has 5 nitrogen and oxygen atoms in total. The normalized spacial score (nSPS) is 14.5. The second kappa shape index (κ2) is 6.18. The maximum absolute atomic E-state index is 12.5. The Bertz CT molecular complexity index is 938. The summed E-state index contributed by atoms with van der Waals surface area (Å²) >= 11 is 1.69. The quantitative estimate of drug-likeness (QED) is 0.789. The van der Waals surface area contributed by atoms with Crippen LogP contribution >= 0.6 is 11.3 Å². The summed E-state index contributed by atoms with van der Waals surface area (Å²) in [5.74, 6) is 2.55. The van der Waals surface area contributed by atoms with E-state index in [1.165, 1.54) is 23.3 Å². The van der Waals surface area contributed by atoms with E-state index in [0.29, 0.717) is 13.1 Å². The minimum absolute atomic E-state index is 0.0108. The Labute approximate surface area is 144 Å². The van der Waals surface area contributed by atoms with Gasteiger partial charge in [0.2, 0.25) is 0 Å². The Morgan fingerprint density at radius 2 is 2.12 bits per heavy atom. The number of furan rings is 1. The average molecular weight is 343 g/mol. The summed E-state index contributed by atoms with van der Waals surface area (Å²) < 4.78 is 5.61. The third-order valence-electron chi connectivity index (χ3n) is 4.52. The van der Waals surface area contributed by atoms with Crippen LogP contribution in [0.25, 0.3) is 10.2 Å². The standard InChI is InChI=1S/C18H21N3O2S/c1-11-7-8-12(23-11)9-21(2)10-15-19-17(22)16-13-5-3-4-6-14(13)24-18(16)20-15/h7-8H,3-6,9-10H2,1-2H3,(H,19,20,22). The highest BCUT2D eigenvalue weighted by molar-refractivity contribution is 7.18. The largest absolute Gasteiger partial charge is 0.465 e. The zero-order valence-corrected chi connectivity index (χ0v) is 14.8. The van der Waals surface area contributed by atoms with Crippen LogP contribution in [0.15, 0.2) is 21.3 Å². The van der Waals surface area contributed by atoms with E-state index in [-0.39, 0.29) is 5.56 Å². The molecule has 24 heavy (non-hydrogen) atoms. The van der Waals surface area contributed by atoms with Gasteiger partial charge in [-0.2, -0.15) is 0 Å². The molecule has 126 valence electrons. The van der Waals surface area contributed by atoms with Gasteiger partial charge in [0.15, 0.2) is 0 Å². The van der Waals surface area contributed by atoms with E-state index >= 15 is 0 Å². The van der Waals surface area contributed by atoms with Crippen LogP contribution in [0.1, 0.15) is 40.6 Å². The third-order valence-corrected chi connectivity index (χ3v) is 5.70. The molecule has 0 radical (unpaired) electrons. The van der Waals surface area contributed by atoms with Gasteiger partial charge in [0, 0.05) is 4.88 Å². The van der Waals surface area contributed by atoms with Crippen molar-refractivity contribution in [2.24, 2.45) is 0 Å². The Morgan fingerprint density at radius 1 is 1.29 bits per heavy atom. The SMILES string of the molecule is Cc1ccc(CN(C)Cc2nc3sc4c(c3c(=O)[nH]2)CCCC4)o1. The Hall–Kier alpha value is -1.92. The van der Waals surface area contributed by atoms with Crippen molar-refractivity contribution in [3.05, 3.63) is 50.3 Å². The van der Waals surface area contributed by atoms with Gasteiger partial charge in [0.25, 0.3) is 5.56 Å². The number of hydrogen-bond acceptors (Lipinski definition) is 5. The number of hydrogen-bond donors (Lipinski definition) is 1. The second-order valence-corrected chi connectivity index (χ2v) is 7.67. The number of nitrogens with one attached hydrogen (secondary N) is 1. The van der Waals surface area contributed by atoms with E-state index in [1.807, 2.05) is 26.1 Å². The summed E-state index contributed by atoms with van der Waals surface area (Å²) in [7, 11) is 2.00. The molecule has 3 aromatic rings. The van der Waals surface area contributed by atoms with Gasteiger partial charge in [-0.05, 0) is 57.4 Å². The van der Waals surface area contributed by atoms with Crippen molar-refractivity contribution in [2.45, 2.75) is 45.7 Å². The molecular formula is C18H21N3O2S. The maximum atomic E-state index is 12.5. The van der Waals surface area contributed by atoms with Crippen molar-refractivity contribution >= 4 is 21.6 Å². The highest BCUT2D eigenvalue weighted by Crippen LogP contribution is 2.33. The van der Waals surface area contributed by atoms with Crippen molar-refractivity contribution in [3.8, 4) is 0 Å². The van der Waals surface area contributed by atoms with Gasteiger partial charge in [-0.25, -0.2) is 4.98 Å². The first kappa shape index (κ1) is 15.6. The van der Waals surface area contributed by atoms with Gasteiger partial charge in [-0.1, -0.05) is 0 Å². The maximum Gasteiger partial charge on any atom is 0.259 e. The van der Waals surface area contributed by atoms with Gasteiger partial charge >= 0.3 is 0 Å². The number of fused-ring (bicyclic) bond motifs is 3. The van der Waals surface area contributed by atoms with Gasteiger partial charge in [-0.15, -0.1) is 11.3 Å². The molecule has 3 aromatic heterocycles. The minimum Gasteiger partial charge on any atom is -0.465 e. The molecule has 6 heteroatoms. The lowest BCUT2D eigenvalue weighted by atomic mass is 9.97. The fourth-order valence-corrected chi connectivity index (χ4v) is 4.71. The molecule has 1 N–H and O–H groups in total. The molecule has 1 aliphatic carbocycles. The first-order valence-corrected chi connectivity index (χ1v) is 9.19. The Balaban J connectivity index is 1.59. The number of aromatic nitrogens is 2. The molecule has 0 saturated heterocycles. The zero-order valence-electron chi connectivity index (χ0n) is 14.0. The average Bonchev–Trinajstić information content (AvgIpc) is 3.10. The summed E-state index contributed by atoms with van der Waals surface area (Å²) in [5, 5.41) is 0.822. The summed E-state index contributed by atoms with van der Waals surface area (Å²) in [4.78, 5) is 24.6. The molecule has 1 aliphatic rings. The highest BCUT2D eigenvalue weighted by atomic mass is 32.1. The van der Waals surface area contributed by atoms with Gasteiger partial charge < -0.3 is 9.40 Å². The number of aromatic amines is 1. The molecule has 0 aromatic carbocycles. The molecule has 0 saturated carbocycles. The molecule has 3 heterocycles. The van der Waals surface area contributed by atoms with E-state index in [4.69, 9.17) is 9.40 Å². The van der Waals surface area contributed by atoms with Crippen LogP contribution in [0.4, 0.5) is 0 Å². The number of H-pyrrole nitrogens is 1. The second-order valence-electron chi connectivity index (χ2n) is 6.59. The van der Waals surface area contributed by atoms with Gasteiger partial charge in [-0.3, -0.25) is 9.69 Å². The number of thiophene rings is 1. The molecule has 0 spiro atoms. The molecule has 0 atom stereocenters. The van der Waals surface area contributed by atoms with E-state index in [0.717, 1.165) is 40.4 Å². The topological polar surface area (TPSA) is 62.1 Å². The lowest BCUT2D eigenvalue weighted by molar-refractivity contribution is 0.279. The number of nitrogens with zero attached hydrogens (tertiary/aromatic N) is 2. The van der Waals surface area contributed by atoms with E-state index < -0.39 is 0 Å². The number of aryl methyl sites for hydroxylation is 3. The lowest BCUT2D eigenvalue weighted by Gasteiger charge is -2.14. The van der Waals surface area contributed by atoms with Crippen LogP contribution < -0.4 is 5.56 Å².